The summed E-state index contributed by atoms with van der Waals surface area (Å²) in [5, 5.41) is 0. The minimum atomic E-state index is 0. The number of nitrogens with zero attached hydrogens (tertiary/aromatic N) is 2. The summed E-state index contributed by atoms with van der Waals surface area (Å²) in [6.45, 7) is 12.8. The number of fused-ring (bicyclic) bond motifs is 3. The van der Waals surface area contributed by atoms with E-state index in [4.69, 9.17) is 9.47 Å². The van der Waals surface area contributed by atoms with E-state index in [0.29, 0.717) is 12.2 Å². The number of aromatic nitrogens is 2. The van der Waals surface area contributed by atoms with E-state index in [0.717, 1.165) is 44.6 Å². The molecule has 2 aromatic carbocycles. The van der Waals surface area contributed by atoms with Gasteiger partial charge in [-0.3, -0.25) is 9.55 Å². The fraction of sp³-hybridized carbons (Fsp3) is 0.355. The van der Waals surface area contributed by atoms with Crippen molar-refractivity contribution in [3.63, 3.8) is 0 Å². The maximum Gasteiger partial charge on any atom is 1.00 e. The van der Waals surface area contributed by atoms with Crippen LogP contribution < -0.4 is 44.6 Å². The molecule has 0 N–H and O–H groups in total. The predicted octanol–water partition coefficient (Wildman–Crippen LogP) is 0.460. The number of benzene rings is 2. The van der Waals surface area contributed by atoms with E-state index < -0.39 is 0 Å². The molecule has 0 aliphatic carbocycles. The third-order valence-corrected chi connectivity index (χ3v) is 8.08. The first-order valence-electron chi connectivity index (χ1n) is 12.7. The van der Waals surface area contributed by atoms with Crippen LogP contribution in [0.4, 0.5) is 0 Å². The van der Waals surface area contributed by atoms with Gasteiger partial charge in [0.1, 0.15) is 11.9 Å². The molecule has 1 aromatic heterocycles. The van der Waals surface area contributed by atoms with Gasteiger partial charge in [0.2, 0.25) is 0 Å². The van der Waals surface area contributed by atoms with E-state index in [1.165, 1.54) is 23.5 Å². The van der Waals surface area contributed by atoms with Crippen LogP contribution in [-0.4, -0.2) is 26.4 Å². The molecule has 2 aliphatic rings. The Hall–Kier alpha value is -1.75. The SMILES string of the molecule is C=C[C-]1[C-](C)c2ccccc2-c2c(-c3ccccc3)ncc[n+]21.CC(C)CC1CC(C)OC[I-]CO1.[Li+]. The summed E-state index contributed by atoms with van der Waals surface area (Å²) < 4.78 is 15.6. The second-order valence-electron chi connectivity index (χ2n) is 9.66. The third kappa shape index (κ3) is 7.43. The van der Waals surface area contributed by atoms with Crippen LogP contribution in [-0.2, 0) is 9.47 Å². The monoisotopic (exact) mass is 603 g/mol. The van der Waals surface area contributed by atoms with Crippen LogP contribution in [0.15, 0.2) is 79.6 Å². The second-order valence-corrected chi connectivity index (χ2v) is 12.0. The van der Waals surface area contributed by atoms with Crippen molar-refractivity contribution in [2.75, 3.05) is 9.23 Å². The van der Waals surface area contributed by atoms with Crippen molar-refractivity contribution >= 4 is 0 Å². The van der Waals surface area contributed by atoms with Gasteiger partial charge in [0.05, 0.1) is 11.7 Å². The second kappa shape index (κ2) is 14.4. The molecule has 0 saturated carbocycles. The molecule has 0 bridgehead atoms. The Balaban J connectivity index is 0.000000234. The molecule has 192 valence electrons. The maximum absolute atomic E-state index is 5.83. The molecule has 37 heavy (non-hydrogen) atoms. The number of alkyl halides is 2. The number of allylic oxidation sites excluding steroid dienone is 1. The number of hydrogen-bond donors (Lipinski definition) is 0. The topological polar surface area (TPSA) is 35.2 Å². The van der Waals surface area contributed by atoms with E-state index in [-0.39, 0.29) is 40.1 Å². The first-order valence-corrected chi connectivity index (χ1v) is 15.7. The first-order chi connectivity index (χ1) is 17.5. The van der Waals surface area contributed by atoms with E-state index in [9.17, 15) is 0 Å². The largest absolute Gasteiger partial charge is 1.00 e. The molecule has 2 atom stereocenters. The molecule has 3 heterocycles. The van der Waals surface area contributed by atoms with Crippen LogP contribution >= 0.6 is 0 Å². The molecule has 5 rings (SSSR count). The van der Waals surface area contributed by atoms with Gasteiger partial charge in [-0.15, -0.1) is 18.1 Å². The van der Waals surface area contributed by atoms with Gasteiger partial charge in [-0.2, -0.15) is 18.2 Å². The zero-order valence-electron chi connectivity index (χ0n) is 22.8. The predicted molar refractivity (Wildman–Crippen MR) is 141 cm³/mol. The Morgan fingerprint density at radius 1 is 1.11 bits per heavy atom. The van der Waals surface area contributed by atoms with Gasteiger partial charge in [-0.05, 0) is 5.56 Å². The van der Waals surface area contributed by atoms with Crippen LogP contribution in [0.25, 0.3) is 22.5 Å². The van der Waals surface area contributed by atoms with E-state index in [1.54, 1.807) is 0 Å². The van der Waals surface area contributed by atoms with Gasteiger partial charge >= 0.3 is 111 Å². The molecule has 0 spiro atoms. The van der Waals surface area contributed by atoms with Crippen LogP contribution in [0.5, 0.6) is 0 Å². The number of ether oxygens (including phenoxy) is 2. The van der Waals surface area contributed by atoms with Gasteiger partial charge < -0.3 is 0 Å². The Labute approximate surface area is 245 Å². The minimum absolute atomic E-state index is 0. The standard InChI is InChI=1S/C21H17N2.C10H20IO2.Li/c1-3-19-15(2)17-11-7-8-12-18(17)21-20(22-13-14-23(19)21)16-9-5-4-6-10-16;1-8(2)4-10-5-9(3)12-6-11-7-13-10;/h3-14H,1H2,2H3;8-10H,4-7H2,1-3H3;/q2*-1;+1. The van der Waals surface area contributed by atoms with Crippen molar-refractivity contribution in [3.05, 3.63) is 97.2 Å². The van der Waals surface area contributed by atoms with Gasteiger partial charge in [0.15, 0.2) is 0 Å². The smallest absolute Gasteiger partial charge is 1.00 e. The summed E-state index contributed by atoms with van der Waals surface area (Å²) in [5.41, 5.74) is 5.69. The van der Waals surface area contributed by atoms with Gasteiger partial charge in [-0.1, -0.05) is 55.0 Å². The average Bonchev–Trinajstić information content (AvgIpc) is 2.88. The van der Waals surface area contributed by atoms with Gasteiger partial charge in [0, 0.05) is 6.20 Å². The quantitative estimate of drug-likeness (QED) is 0.143. The van der Waals surface area contributed by atoms with E-state index in [2.05, 4.69) is 80.2 Å². The third-order valence-electron chi connectivity index (χ3n) is 6.48. The molecular weight excluding hydrogens is 566 g/mol. The molecule has 3 aromatic rings. The summed E-state index contributed by atoms with van der Waals surface area (Å²) in [5.74, 6) is 1.97. The first kappa shape index (κ1) is 29.8. The molecule has 2 unspecified atom stereocenters. The Bertz CT molecular complexity index is 1140. The van der Waals surface area contributed by atoms with Gasteiger partial charge in [-0.25, -0.2) is 0 Å². The molecule has 0 radical (unpaired) electrons. The number of halogens is 1. The molecular formula is C31H37ILiN2O2-. The molecule has 2 aliphatic heterocycles. The maximum atomic E-state index is 5.83. The van der Waals surface area contributed by atoms with Crippen LogP contribution in [0, 0.1) is 17.9 Å². The van der Waals surface area contributed by atoms with E-state index >= 15 is 0 Å². The molecule has 6 heteroatoms. The van der Waals surface area contributed by atoms with Crippen molar-refractivity contribution in [1.82, 2.24) is 4.98 Å². The molecule has 1 fully saturated rings. The Morgan fingerprint density at radius 3 is 2.54 bits per heavy atom. The summed E-state index contributed by atoms with van der Waals surface area (Å²) in [4.78, 5) is 4.68. The fourth-order valence-electron chi connectivity index (χ4n) is 4.79. The van der Waals surface area contributed by atoms with Crippen molar-refractivity contribution in [3.8, 4) is 22.5 Å². The van der Waals surface area contributed by atoms with E-state index in [1.807, 2.05) is 36.7 Å². The number of hydrogen-bond acceptors (Lipinski definition) is 3. The zero-order chi connectivity index (χ0) is 25.5. The van der Waals surface area contributed by atoms with Crippen molar-refractivity contribution < 1.29 is 54.1 Å². The summed E-state index contributed by atoms with van der Waals surface area (Å²) in [6.07, 6.45) is 8.87. The average molecular weight is 603 g/mol. The summed E-state index contributed by atoms with van der Waals surface area (Å²) in [6, 6.07) is 19.9. The minimum Gasteiger partial charge on any atom is 1.00 e. The fourth-order valence-corrected chi connectivity index (χ4v) is 6.60. The zero-order valence-corrected chi connectivity index (χ0v) is 24.9. The number of rotatable bonds is 4. The van der Waals surface area contributed by atoms with Crippen LogP contribution in [0.1, 0.15) is 46.1 Å². The summed E-state index contributed by atoms with van der Waals surface area (Å²) >= 11 is 0.145. The summed E-state index contributed by atoms with van der Waals surface area (Å²) in [7, 11) is 0. The molecule has 0 amide bonds. The Kier molecular flexibility index (Phi) is 11.6. The Morgan fingerprint density at radius 2 is 1.81 bits per heavy atom. The van der Waals surface area contributed by atoms with Crippen molar-refractivity contribution in [1.29, 1.82) is 0 Å². The van der Waals surface area contributed by atoms with Crippen molar-refractivity contribution in [2.24, 2.45) is 5.92 Å². The van der Waals surface area contributed by atoms with Crippen molar-refractivity contribution in [2.45, 2.75) is 52.7 Å². The molecule has 1 saturated heterocycles. The van der Waals surface area contributed by atoms with Crippen LogP contribution in [0.2, 0.25) is 0 Å². The van der Waals surface area contributed by atoms with Gasteiger partial charge in [0.25, 0.3) is 0 Å². The molecule has 4 nitrogen and oxygen atoms in total. The normalized spacial score (nSPS) is 19.1. The van der Waals surface area contributed by atoms with Crippen LogP contribution in [0.3, 0.4) is 0 Å².